The van der Waals surface area contributed by atoms with Crippen molar-refractivity contribution in [2.75, 3.05) is 13.1 Å². The van der Waals surface area contributed by atoms with Crippen molar-refractivity contribution in [2.45, 2.75) is 19.8 Å². The van der Waals surface area contributed by atoms with E-state index >= 15 is 0 Å². The maximum atomic E-state index is 12.0. The minimum absolute atomic E-state index is 0.0249. The molecule has 0 spiro atoms. The molecule has 0 N–H and O–H groups in total. The maximum Gasteiger partial charge on any atom is 0.258 e. The Labute approximate surface area is 94.0 Å². The summed E-state index contributed by atoms with van der Waals surface area (Å²) in [5, 5.41) is 0.189. The molecule has 1 saturated carbocycles. The summed E-state index contributed by atoms with van der Waals surface area (Å²) < 4.78 is 4.92. The summed E-state index contributed by atoms with van der Waals surface area (Å²) in [6, 6.07) is 1.63. The van der Waals surface area contributed by atoms with E-state index in [2.05, 4.69) is 0 Å². The molecule has 1 aromatic heterocycles. The van der Waals surface area contributed by atoms with E-state index in [1.165, 1.54) is 19.1 Å². The summed E-state index contributed by atoms with van der Waals surface area (Å²) in [5.41, 5.74) is 0.471. The molecule has 0 atom stereocenters. The SMILES string of the molecule is CCN(CC1CC1)C(=O)c1ccoc1Cl. The zero-order valence-corrected chi connectivity index (χ0v) is 9.46. The largest absolute Gasteiger partial charge is 0.452 e. The zero-order chi connectivity index (χ0) is 10.8. The number of nitrogens with zero attached hydrogens (tertiary/aromatic N) is 1. The van der Waals surface area contributed by atoms with Gasteiger partial charge in [0.2, 0.25) is 5.22 Å². The van der Waals surface area contributed by atoms with E-state index in [4.69, 9.17) is 16.0 Å². The van der Waals surface area contributed by atoms with E-state index in [0.29, 0.717) is 11.5 Å². The van der Waals surface area contributed by atoms with Gasteiger partial charge in [0.15, 0.2) is 0 Å². The quantitative estimate of drug-likeness (QED) is 0.793. The molecule has 0 aromatic carbocycles. The molecule has 0 saturated heterocycles. The van der Waals surface area contributed by atoms with Crippen molar-refractivity contribution >= 4 is 17.5 Å². The fraction of sp³-hybridized carbons (Fsp3) is 0.545. The van der Waals surface area contributed by atoms with Gasteiger partial charge in [-0.25, -0.2) is 0 Å². The summed E-state index contributed by atoms with van der Waals surface area (Å²) >= 11 is 5.77. The summed E-state index contributed by atoms with van der Waals surface area (Å²) in [6.45, 7) is 3.54. The molecule has 0 aliphatic heterocycles. The van der Waals surface area contributed by atoms with Crippen molar-refractivity contribution in [3.63, 3.8) is 0 Å². The molecule has 4 heteroatoms. The molecule has 82 valence electrons. The molecule has 1 heterocycles. The molecule has 0 radical (unpaired) electrons. The van der Waals surface area contributed by atoms with Gasteiger partial charge in [-0.05, 0) is 43.4 Å². The van der Waals surface area contributed by atoms with Crippen molar-refractivity contribution in [3.05, 3.63) is 23.1 Å². The lowest BCUT2D eigenvalue weighted by Gasteiger charge is -2.19. The summed E-state index contributed by atoms with van der Waals surface area (Å²) in [4.78, 5) is 13.8. The third kappa shape index (κ3) is 2.34. The number of carbonyl (C=O) groups is 1. The smallest absolute Gasteiger partial charge is 0.258 e. The predicted octanol–water partition coefficient (Wildman–Crippen LogP) is 2.81. The van der Waals surface area contributed by atoms with E-state index in [9.17, 15) is 4.79 Å². The molecule has 3 nitrogen and oxygen atoms in total. The normalized spacial score (nSPS) is 15.3. The molecule has 1 aliphatic carbocycles. The van der Waals surface area contributed by atoms with Crippen LogP contribution in [0.3, 0.4) is 0 Å². The Hall–Kier alpha value is -0.960. The van der Waals surface area contributed by atoms with Crippen LogP contribution in [0.25, 0.3) is 0 Å². The van der Waals surface area contributed by atoms with Gasteiger partial charge in [0.25, 0.3) is 5.91 Å². The Morgan fingerprint density at radius 2 is 2.40 bits per heavy atom. The number of carbonyl (C=O) groups excluding carboxylic acids is 1. The highest BCUT2D eigenvalue weighted by Crippen LogP contribution is 2.30. The predicted molar refractivity (Wildman–Crippen MR) is 58.0 cm³/mol. The van der Waals surface area contributed by atoms with Gasteiger partial charge >= 0.3 is 0 Å². The Kier molecular flexibility index (Phi) is 3.00. The first-order valence-electron chi connectivity index (χ1n) is 5.24. The van der Waals surface area contributed by atoms with Crippen LogP contribution in [0.15, 0.2) is 16.7 Å². The van der Waals surface area contributed by atoms with Gasteiger partial charge < -0.3 is 9.32 Å². The van der Waals surface area contributed by atoms with Crippen LogP contribution in [0.2, 0.25) is 5.22 Å². The van der Waals surface area contributed by atoms with E-state index in [1.54, 1.807) is 6.07 Å². The molecular formula is C11H14ClNO2. The molecule has 2 rings (SSSR count). The summed E-state index contributed by atoms with van der Waals surface area (Å²) in [5.74, 6) is 0.669. The second-order valence-electron chi connectivity index (χ2n) is 3.90. The zero-order valence-electron chi connectivity index (χ0n) is 8.70. The second-order valence-corrected chi connectivity index (χ2v) is 4.24. The van der Waals surface area contributed by atoms with Crippen LogP contribution in [0.5, 0.6) is 0 Å². The Balaban J connectivity index is 2.07. The first-order chi connectivity index (χ1) is 7.22. The molecule has 1 fully saturated rings. The lowest BCUT2D eigenvalue weighted by molar-refractivity contribution is 0.0756. The standard InChI is InChI=1S/C11H14ClNO2/c1-2-13(7-8-3-4-8)11(14)9-5-6-15-10(9)12/h5-6,8H,2-4,7H2,1H3. The molecule has 15 heavy (non-hydrogen) atoms. The van der Waals surface area contributed by atoms with Crippen molar-refractivity contribution < 1.29 is 9.21 Å². The average Bonchev–Trinajstić information content (AvgIpc) is 2.95. The Morgan fingerprint density at radius 1 is 1.67 bits per heavy atom. The van der Waals surface area contributed by atoms with Crippen LogP contribution < -0.4 is 0 Å². The van der Waals surface area contributed by atoms with Gasteiger partial charge in [0.1, 0.15) is 0 Å². The minimum atomic E-state index is -0.0249. The number of furan rings is 1. The van der Waals surface area contributed by atoms with Crippen LogP contribution in [-0.2, 0) is 0 Å². The van der Waals surface area contributed by atoms with Crippen molar-refractivity contribution in [1.82, 2.24) is 4.90 Å². The third-order valence-corrected chi connectivity index (χ3v) is 2.99. The van der Waals surface area contributed by atoms with Gasteiger partial charge in [0.05, 0.1) is 11.8 Å². The fourth-order valence-electron chi connectivity index (χ4n) is 1.58. The van der Waals surface area contributed by atoms with E-state index in [1.807, 2.05) is 11.8 Å². The van der Waals surface area contributed by atoms with Crippen LogP contribution in [0.1, 0.15) is 30.1 Å². The van der Waals surface area contributed by atoms with Crippen molar-refractivity contribution in [2.24, 2.45) is 5.92 Å². The van der Waals surface area contributed by atoms with Crippen LogP contribution in [0.4, 0.5) is 0 Å². The number of hydrogen-bond acceptors (Lipinski definition) is 2. The van der Waals surface area contributed by atoms with E-state index in [0.717, 1.165) is 13.1 Å². The highest BCUT2D eigenvalue weighted by atomic mass is 35.5. The Morgan fingerprint density at radius 3 is 2.87 bits per heavy atom. The number of hydrogen-bond donors (Lipinski definition) is 0. The first-order valence-corrected chi connectivity index (χ1v) is 5.62. The molecule has 1 aromatic rings. The summed E-state index contributed by atoms with van der Waals surface area (Å²) in [7, 11) is 0. The van der Waals surface area contributed by atoms with Gasteiger partial charge in [-0.1, -0.05) is 0 Å². The van der Waals surface area contributed by atoms with E-state index < -0.39 is 0 Å². The highest BCUT2D eigenvalue weighted by Gasteiger charge is 2.27. The Bertz CT molecular complexity index is 357. The number of amides is 1. The molecular weight excluding hydrogens is 214 g/mol. The lowest BCUT2D eigenvalue weighted by Crippen LogP contribution is -2.32. The molecule has 1 amide bonds. The number of rotatable bonds is 4. The second kappa shape index (κ2) is 4.27. The maximum absolute atomic E-state index is 12.0. The van der Waals surface area contributed by atoms with Gasteiger partial charge in [-0.3, -0.25) is 4.79 Å². The van der Waals surface area contributed by atoms with Crippen molar-refractivity contribution in [1.29, 1.82) is 0 Å². The molecule has 0 unspecified atom stereocenters. The van der Waals surface area contributed by atoms with Gasteiger partial charge in [0, 0.05) is 13.1 Å². The van der Waals surface area contributed by atoms with Crippen LogP contribution in [-0.4, -0.2) is 23.9 Å². The van der Waals surface area contributed by atoms with Crippen LogP contribution in [0, 0.1) is 5.92 Å². The van der Waals surface area contributed by atoms with E-state index in [-0.39, 0.29) is 11.1 Å². The first kappa shape index (κ1) is 10.6. The summed E-state index contributed by atoms with van der Waals surface area (Å²) in [6.07, 6.45) is 3.92. The lowest BCUT2D eigenvalue weighted by atomic mass is 10.2. The van der Waals surface area contributed by atoms with Gasteiger partial charge in [-0.2, -0.15) is 0 Å². The monoisotopic (exact) mass is 227 g/mol. The highest BCUT2D eigenvalue weighted by molar-refractivity contribution is 6.32. The fourth-order valence-corrected chi connectivity index (χ4v) is 1.78. The minimum Gasteiger partial charge on any atom is -0.452 e. The number of halogens is 1. The topological polar surface area (TPSA) is 33.5 Å². The average molecular weight is 228 g/mol. The van der Waals surface area contributed by atoms with Crippen LogP contribution >= 0.6 is 11.6 Å². The molecule has 0 bridgehead atoms. The third-order valence-electron chi connectivity index (χ3n) is 2.69. The van der Waals surface area contributed by atoms with Gasteiger partial charge in [-0.15, -0.1) is 0 Å². The molecule has 1 aliphatic rings. The van der Waals surface area contributed by atoms with Crippen molar-refractivity contribution in [3.8, 4) is 0 Å².